The van der Waals surface area contributed by atoms with Crippen LogP contribution < -0.4 is 5.32 Å². The van der Waals surface area contributed by atoms with Crippen LogP contribution in [0.3, 0.4) is 0 Å². The third kappa shape index (κ3) is 1.30. The molecule has 2 rings (SSSR count). The second kappa shape index (κ2) is 3.02. The summed E-state index contributed by atoms with van der Waals surface area (Å²) in [5.41, 5.74) is 5.16. The highest BCUT2D eigenvalue weighted by atomic mass is 14.9. The average Bonchev–Trinajstić information content (AvgIpc) is 2.12. The molecule has 0 bridgehead atoms. The molecule has 0 saturated heterocycles. The Morgan fingerprint density at radius 2 is 2.23 bits per heavy atom. The lowest BCUT2D eigenvalue weighted by Gasteiger charge is -2.25. The van der Waals surface area contributed by atoms with Crippen molar-refractivity contribution in [3.8, 4) is 0 Å². The van der Waals surface area contributed by atoms with Crippen LogP contribution in [0.1, 0.15) is 36.1 Å². The average molecular weight is 176 g/mol. The Hall–Kier alpha value is -1.05. The molecule has 2 heterocycles. The number of hydrogen-bond acceptors (Lipinski definition) is 2. The zero-order valence-corrected chi connectivity index (χ0v) is 8.52. The summed E-state index contributed by atoms with van der Waals surface area (Å²) in [5.74, 6) is 0.607. The number of hydrogen-bond donors (Lipinski definition) is 1. The number of aryl methyl sites for hydroxylation is 1. The maximum atomic E-state index is 4.50. The van der Waals surface area contributed by atoms with Gasteiger partial charge in [-0.3, -0.25) is 4.98 Å². The van der Waals surface area contributed by atoms with Gasteiger partial charge in [-0.25, -0.2) is 0 Å². The minimum Gasteiger partial charge on any atom is -0.383 e. The summed E-state index contributed by atoms with van der Waals surface area (Å²) < 4.78 is 0. The molecule has 70 valence electrons. The highest BCUT2D eigenvalue weighted by Crippen LogP contribution is 2.32. The third-order valence-electron chi connectivity index (χ3n) is 2.97. The summed E-state index contributed by atoms with van der Waals surface area (Å²) in [7, 11) is 0. The molecule has 1 N–H and O–H groups in total. The molecule has 0 aromatic carbocycles. The number of rotatable bonds is 0. The molecule has 1 unspecified atom stereocenters. The van der Waals surface area contributed by atoms with Gasteiger partial charge >= 0.3 is 0 Å². The summed E-state index contributed by atoms with van der Waals surface area (Å²) in [6.07, 6.45) is 3.18. The predicted octanol–water partition coefficient (Wildman–Crippen LogP) is 2.62. The summed E-state index contributed by atoms with van der Waals surface area (Å²) in [4.78, 5) is 4.50. The van der Waals surface area contributed by atoms with Crippen molar-refractivity contribution >= 4 is 5.69 Å². The highest BCUT2D eigenvalue weighted by molar-refractivity contribution is 5.59. The molecule has 0 spiro atoms. The van der Waals surface area contributed by atoms with Crippen LogP contribution in [-0.4, -0.2) is 11.5 Å². The standard InChI is InChI=1S/C11H16N2/c1-7-4-5-12-11-9(3)8(2)6-13-10(7)11/h6-7,12H,4-5H2,1-3H3. The van der Waals surface area contributed by atoms with Gasteiger partial charge in [-0.15, -0.1) is 0 Å². The van der Waals surface area contributed by atoms with Crippen LogP contribution in [0.15, 0.2) is 6.20 Å². The van der Waals surface area contributed by atoms with E-state index in [1.165, 1.54) is 28.9 Å². The predicted molar refractivity (Wildman–Crippen MR) is 55.2 cm³/mol. The Morgan fingerprint density at radius 3 is 3.00 bits per heavy atom. The van der Waals surface area contributed by atoms with Gasteiger partial charge < -0.3 is 5.32 Å². The minimum absolute atomic E-state index is 0.607. The number of nitrogens with zero attached hydrogens (tertiary/aromatic N) is 1. The van der Waals surface area contributed by atoms with Crippen LogP contribution >= 0.6 is 0 Å². The van der Waals surface area contributed by atoms with Crippen molar-refractivity contribution < 1.29 is 0 Å². The van der Waals surface area contributed by atoms with Gasteiger partial charge in [-0.1, -0.05) is 6.92 Å². The van der Waals surface area contributed by atoms with E-state index in [-0.39, 0.29) is 0 Å². The van der Waals surface area contributed by atoms with Crippen molar-refractivity contribution in [1.82, 2.24) is 4.98 Å². The van der Waals surface area contributed by atoms with Gasteiger partial charge in [0.15, 0.2) is 0 Å². The van der Waals surface area contributed by atoms with Gasteiger partial charge in [0.2, 0.25) is 0 Å². The van der Waals surface area contributed by atoms with Crippen molar-refractivity contribution in [2.24, 2.45) is 0 Å². The summed E-state index contributed by atoms with van der Waals surface area (Å²) in [5, 5.41) is 3.44. The Kier molecular flexibility index (Phi) is 1.98. The van der Waals surface area contributed by atoms with Crippen LogP contribution in [0, 0.1) is 13.8 Å². The number of nitrogens with one attached hydrogen (secondary N) is 1. The first-order chi connectivity index (χ1) is 6.20. The molecule has 1 aromatic rings. The van der Waals surface area contributed by atoms with Crippen molar-refractivity contribution in [3.63, 3.8) is 0 Å². The monoisotopic (exact) mass is 176 g/mol. The molecule has 2 nitrogen and oxygen atoms in total. The molecule has 1 aromatic heterocycles. The molecule has 0 fully saturated rings. The largest absolute Gasteiger partial charge is 0.383 e. The van der Waals surface area contributed by atoms with E-state index in [2.05, 4.69) is 31.1 Å². The summed E-state index contributed by atoms with van der Waals surface area (Å²) >= 11 is 0. The molecule has 1 aliphatic heterocycles. The number of anilines is 1. The molecule has 0 aliphatic carbocycles. The van der Waals surface area contributed by atoms with Crippen molar-refractivity contribution in [3.05, 3.63) is 23.0 Å². The van der Waals surface area contributed by atoms with E-state index in [4.69, 9.17) is 0 Å². The zero-order valence-electron chi connectivity index (χ0n) is 8.52. The van der Waals surface area contributed by atoms with Gasteiger partial charge in [0, 0.05) is 18.7 Å². The highest BCUT2D eigenvalue weighted by Gasteiger charge is 2.19. The van der Waals surface area contributed by atoms with E-state index < -0.39 is 0 Å². The smallest absolute Gasteiger partial charge is 0.0666 e. The molecular weight excluding hydrogens is 160 g/mol. The quantitative estimate of drug-likeness (QED) is 0.657. The first-order valence-corrected chi connectivity index (χ1v) is 4.90. The normalized spacial score (nSPS) is 20.7. The van der Waals surface area contributed by atoms with E-state index in [0.29, 0.717) is 5.92 Å². The van der Waals surface area contributed by atoms with E-state index in [0.717, 1.165) is 6.54 Å². The van der Waals surface area contributed by atoms with Crippen molar-refractivity contribution in [2.45, 2.75) is 33.1 Å². The molecule has 1 aliphatic rings. The number of pyridine rings is 1. The topological polar surface area (TPSA) is 24.9 Å². The summed E-state index contributed by atoms with van der Waals surface area (Å²) in [6.45, 7) is 7.62. The van der Waals surface area contributed by atoms with Crippen LogP contribution in [0.25, 0.3) is 0 Å². The number of aromatic nitrogens is 1. The van der Waals surface area contributed by atoms with Crippen LogP contribution in [0.5, 0.6) is 0 Å². The fraction of sp³-hybridized carbons (Fsp3) is 0.545. The lowest BCUT2D eigenvalue weighted by molar-refractivity contribution is 0.659. The SMILES string of the molecule is Cc1cnc2c(c1C)NCCC2C. The van der Waals surface area contributed by atoms with Gasteiger partial charge in [-0.05, 0) is 31.4 Å². The number of fused-ring (bicyclic) bond motifs is 1. The fourth-order valence-electron chi connectivity index (χ4n) is 1.86. The molecular formula is C11H16N2. The third-order valence-corrected chi connectivity index (χ3v) is 2.97. The summed E-state index contributed by atoms with van der Waals surface area (Å²) in [6, 6.07) is 0. The second-order valence-electron chi connectivity index (χ2n) is 3.94. The van der Waals surface area contributed by atoms with Crippen LogP contribution in [0.4, 0.5) is 5.69 Å². The second-order valence-corrected chi connectivity index (χ2v) is 3.94. The lowest BCUT2D eigenvalue weighted by atomic mass is 9.95. The van der Waals surface area contributed by atoms with E-state index >= 15 is 0 Å². The first kappa shape index (κ1) is 8.54. The molecule has 1 atom stereocenters. The van der Waals surface area contributed by atoms with Gasteiger partial charge in [0.05, 0.1) is 11.4 Å². The van der Waals surface area contributed by atoms with E-state index in [9.17, 15) is 0 Å². The molecule has 0 radical (unpaired) electrons. The van der Waals surface area contributed by atoms with Crippen molar-refractivity contribution in [1.29, 1.82) is 0 Å². The molecule has 13 heavy (non-hydrogen) atoms. The zero-order chi connectivity index (χ0) is 9.42. The van der Waals surface area contributed by atoms with Crippen molar-refractivity contribution in [2.75, 3.05) is 11.9 Å². The Morgan fingerprint density at radius 1 is 1.46 bits per heavy atom. The van der Waals surface area contributed by atoms with Crippen LogP contribution in [-0.2, 0) is 0 Å². The Balaban J connectivity index is 2.56. The van der Waals surface area contributed by atoms with Gasteiger partial charge in [0.25, 0.3) is 0 Å². The maximum Gasteiger partial charge on any atom is 0.0666 e. The molecule has 0 amide bonds. The molecule has 0 saturated carbocycles. The molecule has 2 heteroatoms. The maximum absolute atomic E-state index is 4.50. The van der Waals surface area contributed by atoms with Gasteiger partial charge in [-0.2, -0.15) is 0 Å². The van der Waals surface area contributed by atoms with Crippen LogP contribution in [0.2, 0.25) is 0 Å². The Bertz CT molecular complexity index is 331. The lowest BCUT2D eigenvalue weighted by Crippen LogP contribution is -2.17. The Labute approximate surface area is 79.4 Å². The van der Waals surface area contributed by atoms with E-state index in [1.807, 2.05) is 6.20 Å². The fourth-order valence-corrected chi connectivity index (χ4v) is 1.86. The minimum atomic E-state index is 0.607. The van der Waals surface area contributed by atoms with Gasteiger partial charge in [0.1, 0.15) is 0 Å². The van der Waals surface area contributed by atoms with E-state index in [1.54, 1.807) is 0 Å². The first-order valence-electron chi connectivity index (χ1n) is 4.90.